The molecular weight excluding hydrogens is 238 g/mol. The van der Waals surface area contributed by atoms with E-state index in [1.807, 2.05) is 11.8 Å². The fraction of sp³-hybridized carbons (Fsp3) is 0.727. The number of carboxylic acids is 1. The molecular formula is C11H17N3O2S. The molecule has 0 aliphatic carbocycles. The molecule has 1 aromatic heterocycles. The van der Waals surface area contributed by atoms with E-state index in [0.29, 0.717) is 6.42 Å². The number of rotatable bonds is 3. The van der Waals surface area contributed by atoms with Crippen LogP contribution in [0.5, 0.6) is 0 Å². The molecule has 0 spiro atoms. The van der Waals surface area contributed by atoms with Crippen molar-refractivity contribution >= 4 is 22.6 Å². The first-order valence-corrected chi connectivity index (χ1v) is 6.69. The van der Waals surface area contributed by atoms with Crippen molar-refractivity contribution in [1.82, 2.24) is 9.36 Å². The SMILES string of the molecule is CCc1nsc(N2CCCCC2(C)C(=O)O)n1. The zero-order valence-electron chi connectivity index (χ0n) is 10.1. The molecule has 17 heavy (non-hydrogen) atoms. The van der Waals surface area contributed by atoms with Crippen LogP contribution in [0.25, 0.3) is 0 Å². The summed E-state index contributed by atoms with van der Waals surface area (Å²) in [5.41, 5.74) is -0.831. The molecule has 0 radical (unpaired) electrons. The van der Waals surface area contributed by atoms with Gasteiger partial charge in [0, 0.05) is 24.5 Å². The van der Waals surface area contributed by atoms with Crippen LogP contribution < -0.4 is 4.90 Å². The van der Waals surface area contributed by atoms with E-state index in [1.54, 1.807) is 6.92 Å². The van der Waals surface area contributed by atoms with Crippen molar-refractivity contribution in [2.45, 2.75) is 45.1 Å². The maximum absolute atomic E-state index is 11.5. The van der Waals surface area contributed by atoms with Crippen LogP contribution in [0.4, 0.5) is 5.13 Å². The predicted molar refractivity (Wildman–Crippen MR) is 66.5 cm³/mol. The van der Waals surface area contributed by atoms with Gasteiger partial charge >= 0.3 is 5.97 Å². The maximum atomic E-state index is 11.5. The van der Waals surface area contributed by atoms with Crippen LogP contribution in [0.15, 0.2) is 0 Å². The number of hydrogen-bond donors (Lipinski definition) is 1. The van der Waals surface area contributed by atoms with Crippen LogP contribution in [0.3, 0.4) is 0 Å². The van der Waals surface area contributed by atoms with Crippen molar-refractivity contribution in [2.75, 3.05) is 11.4 Å². The molecule has 5 nitrogen and oxygen atoms in total. The zero-order chi connectivity index (χ0) is 12.5. The minimum atomic E-state index is -0.831. The molecule has 2 rings (SSSR count). The minimum Gasteiger partial charge on any atom is -0.480 e. The van der Waals surface area contributed by atoms with Crippen LogP contribution in [-0.4, -0.2) is 32.5 Å². The third kappa shape index (κ3) is 2.13. The monoisotopic (exact) mass is 255 g/mol. The molecule has 0 aromatic carbocycles. The average Bonchev–Trinajstić information content (AvgIpc) is 2.78. The van der Waals surface area contributed by atoms with Gasteiger partial charge in [0.25, 0.3) is 0 Å². The number of aryl methyl sites for hydroxylation is 1. The molecule has 0 bridgehead atoms. The number of carboxylic acid groups (broad SMARTS) is 1. The van der Waals surface area contributed by atoms with E-state index in [-0.39, 0.29) is 0 Å². The van der Waals surface area contributed by atoms with Crippen molar-refractivity contribution < 1.29 is 9.90 Å². The van der Waals surface area contributed by atoms with Gasteiger partial charge in [-0.15, -0.1) is 0 Å². The highest BCUT2D eigenvalue weighted by molar-refractivity contribution is 7.09. The molecule has 1 aliphatic rings. The second kappa shape index (κ2) is 4.60. The Morgan fingerprint density at radius 1 is 1.59 bits per heavy atom. The predicted octanol–water partition coefficient (Wildman–Crippen LogP) is 1.93. The van der Waals surface area contributed by atoms with E-state index in [0.717, 1.165) is 36.8 Å². The van der Waals surface area contributed by atoms with Crippen LogP contribution in [0, 0.1) is 0 Å². The lowest BCUT2D eigenvalue weighted by Crippen LogP contribution is -2.55. The van der Waals surface area contributed by atoms with Crippen molar-refractivity contribution in [1.29, 1.82) is 0 Å². The number of anilines is 1. The summed E-state index contributed by atoms with van der Waals surface area (Å²) < 4.78 is 4.23. The van der Waals surface area contributed by atoms with Gasteiger partial charge in [0.05, 0.1) is 0 Å². The van der Waals surface area contributed by atoms with Crippen molar-refractivity contribution in [2.24, 2.45) is 0 Å². The summed E-state index contributed by atoms with van der Waals surface area (Å²) in [6.45, 7) is 4.53. The summed E-state index contributed by atoms with van der Waals surface area (Å²) in [5.74, 6) is 0.0220. The molecule has 1 aromatic rings. The first-order chi connectivity index (χ1) is 8.08. The third-order valence-corrected chi connectivity index (χ3v) is 4.13. The topological polar surface area (TPSA) is 66.3 Å². The summed E-state index contributed by atoms with van der Waals surface area (Å²) >= 11 is 1.30. The fourth-order valence-electron chi connectivity index (χ4n) is 2.15. The molecule has 6 heteroatoms. The summed E-state index contributed by atoms with van der Waals surface area (Å²) in [4.78, 5) is 17.7. The Bertz CT molecular complexity index is 421. The molecule has 1 unspecified atom stereocenters. The Kier molecular flexibility index (Phi) is 3.33. The number of carbonyl (C=O) groups is 1. The maximum Gasteiger partial charge on any atom is 0.329 e. The summed E-state index contributed by atoms with van der Waals surface area (Å²) in [7, 11) is 0. The fourth-order valence-corrected chi connectivity index (χ4v) is 3.04. The van der Waals surface area contributed by atoms with E-state index in [1.165, 1.54) is 11.5 Å². The lowest BCUT2D eigenvalue weighted by atomic mass is 9.89. The van der Waals surface area contributed by atoms with Gasteiger partial charge in [-0.25, -0.2) is 9.78 Å². The lowest BCUT2D eigenvalue weighted by Gasteiger charge is -2.41. The van der Waals surface area contributed by atoms with Gasteiger partial charge in [0.2, 0.25) is 5.13 Å². The largest absolute Gasteiger partial charge is 0.480 e. The van der Waals surface area contributed by atoms with Gasteiger partial charge in [0.1, 0.15) is 11.4 Å². The number of nitrogens with zero attached hydrogens (tertiary/aromatic N) is 3. The van der Waals surface area contributed by atoms with E-state index >= 15 is 0 Å². The second-order valence-electron chi connectivity index (χ2n) is 4.53. The second-order valence-corrected chi connectivity index (χ2v) is 5.26. The highest BCUT2D eigenvalue weighted by Gasteiger charge is 2.42. The molecule has 1 aliphatic heterocycles. The van der Waals surface area contributed by atoms with Gasteiger partial charge in [-0.05, 0) is 26.2 Å². The molecule has 1 atom stereocenters. The first kappa shape index (κ1) is 12.3. The first-order valence-electron chi connectivity index (χ1n) is 5.91. The van der Waals surface area contributed by atoms with Crippen molar-refractivity contribution in [3.05, 3.63) is 5.82 Å². The normalized spacial score (nSPS) is 24.9. The van der Waals surface area contributed by atoms with Gasteiger partial charge in [0.15, 0.2) is 0 Å². The number of aliphatic carboxylic acids is 1. The van der Waals surface area contributed by atoms with Crippen LogP contribution in [0.1, 0.15) is 38.9 Å². The Hall–Kier alpha value is -1.17. The minimum absolute atomic E-state index is 0.670. The Labute approximate surface area is 105 Å². The summed E-state index contributed by atoms with van der Waals surface area (Å²) in [5, 5.41) is 10.2. The van der Waals surface area contributed by atoms with E-state index in [9.17, 15) is 9.90 Å². The van der Waals surface area contributed by atoms with E-state index in [4.69, 9.17) is 0 Å². The average molecular weight is 255 g/mol. The highest BCUT2D eigenvalue weighted by Crippen LogP contribution is 2.34. The molecule has 1 saturated heterocycles. The van der Waals surface area contributed by atoms with Gasteiger partial charge in [-0.3, -0.25) is 0 Å². The number of piperidine rings is 1. The Morgan fingerprint density at radius 2 is 2.35 bits per heavy atom. The standard InChI is InChI=1S/C11H17N3O2S/c1-3-8-12-10(17-13-8)14-7-5-4-6-11(14,2)9(15)16/h3-7H2,1-2H3,(H,15,16). The highest BCUT2D eigenvalue weighted by atomic mass is 32.1. The van der Waals surface area contributed by atoms with Gasteiger partial charge in [-0.2, -0.15) is 4.37 Å². The lowest BCUT2D eigenvalue weighted by molar-refractivity contribution is -0.143. The quantitative estimate of drug-likeness (QED) is 0.894. The van der Waals surface area contributed by atoms with Gasteiger partial charge in [-0.1, -0.05) is 6.92 Å². The number of aromatic nitrogens is 2. The van der Waals surface area contributed by atoms with Crippen LogP contribution >= 0.6 is 11.5 Å². The Morgan fingerprint density at radius 3 is 2.94 bits per heavy atom. The zero-order valence-corrected chi connectivity index (χ0v) is 11.0. The van der Waals surface area contributed by atoms with E-state index in [2.05, 4.69) is 9.36 Å². The molecule has 94 valence electrons. The van der Waals surface area contributed by atoms with Crippen LogP contribution in [-0.2, 0) is 11.2 Å². The van der Waals surface area contributed by atoms with Crippen molar-refractivity contribution in [3.63, 3.8) is 0 Å². The summed E-state index contributed by atoms with van der Waals surface area (Å²) in [6, 6.07) is 0. The number of hydrogen-bond acceptors (Lipinski definition) is 5. The summed E-state index contributed by atoms with van der Waals surface area (Å²) in [6.07, 6.45) is 3.43. The molecule has 1 fully saturated rings. The van der Waals surface area contributed by atoms with E-state index < -0.39 is 11.5 Å². The molecule has 1 N–H and O–H groups in total. The van der Waals surface area contributed by atoms with Gasteiger partial charge < -0.3 is 10.0 Å². The molecule has 0 saturated carbocycles. The Balaban J connectivity index is 2.30. The molecule has 0 amide bonds. The smallest absolute Gasteiger partial charge is 0.329 e. The molecule has 2 heterocycles. The third-order valence-electron chi connectivity index (χ3n) is 3.36. The van der Waals surface area contributed by atoms with Crippen molar-refractivity contribution in [3.8, 4) is 0 Å². The van der Waals surface area contributed by atoms with Crippen LogP contribution in [0.2, 0.25) is 0 Å².